The van der Waals surface area contributed by atoms with E-state index in [1.165, 1.54) is 193 Å². The second kappa shape index (κ2) is 23.6. The van der Waals surface area contributed by atoms with Crippen molar-refractivity contribution < 1.29 is 0 Å². The predicted octanol–water partition coefficient (Wildman–Crippen LogP) is 27.0. The van der Waals surface area contributed by atoms with E-state index in [0.29, 0.717) is 0 Å². The van der Waals surface area contributed by atoms with E-state index in [4.69, 9.17) is 0 Å². The zero-order chi connectivity index (χ0) is 70.5. The van der Waals surface area contributed by atoms with E-state index in [2.05, 4.69) is 410 Å². The Kier molecular flexibility index (Phi) is 13.7. The van der Waals surface area contributed by atoms with Crippen LogP contribution in [0.25, 0.3) is 177 Å². The lowest BCUT2D eigenvalue weighted by Gasteiger charge is -2.22. The molecule has 0 amide bonds. The van der Waals surface area contributed by atoms with E-state index in [-0.39, 0.29) is 10.8 Å². The fourth-order valence-electron chi connectivity index (χ4n) is 18.3. The van der Waals surface area contributed by atoms with Crippen LogP contribution in [0.2, 0.25) is 0 Å². The molecule has 0 spiro atoms. The fourth-order valence-corrected chi connectivity index (χ4v) is 18.3. The topological polar surface area (TPSA) is 19.7 Å². The number of para-hydroxylation sites is 4. The van der Waals surface area contributed by atoms with Crippen molar-refractivity contribution >= 4 is 87.2 Å². The van der Waals surface area contributed by atoms with Gasteiger partial charge in [0.05, 0.1) is 44.1 Å². The van der Waals surface area contributed by atoms with E-state index in [0.717, 1.165) is 5.69 Å². The van der Waals surface area contributed by atoms with Crippen LogP contribution in [-0.4, -0.2) is 18.3 Å². The minimum absolute atomic E-state index is 0.0543. The summed E-state index contributed by atoms with van der Waals surface area (Å²) < 4.78 is 9.71. The summed E-state index contributed by atoms with van der Waals surface area (Å²) in [4.78, 5) is 0. The lowest BCUT2D eigenvalue weighted by molar-refractivity contribution is 0.660. The Bertz CT molecular complexity index is 6990. The summed E-state index contributed by atoms with van der Waals surface area (Å²) in [5, 5.41) is 10.1. The van der Waals surface area contributed by atoms with Crippen molar-refractivity contribution in [3.05, 3.63) is 386 Å². The predicted molar refractivity (Wildman–Crippen MR) is 447 cm³/mol. The number of aromatic nitrogens is 4. The minimum Gasteiger partial charge on any atom is -0.309 e. The van der Waals surface area contributed by atoms with Crippen LogP contribution < -0.4 is 0 Å². The molecular formula is C102H72N4. The molecular weight excluding hydrogens is 1280 g/mol. The van der Waals surface area contributed by atoms with Crippen molar-refractivity contribution in [1.82, 2.24) is 18.3 Å². The largest absolute Gasteiger partial charge is 0.309 e. The third-order valence-electron chi connectivity index (χ3n) is 23.5. The number of rotatable bonds is 8. The molecule has 22 rings (SSSR count). The summed E-state index contributed by atoms with van der Waals surface area (Å²) in [5.41, 5.74) is 35.1. The first-order chi connectivity index (χ1) is 52.1. The van der Waals surface area contributed by atoms with Crippen LogP contribution >= 0.6 is 0 Å². The highest BCUT2D eigenvalue weighted by molar-refractivity contribution is 6.15. The third kappa shape index (κ3) is 9.40. The number of fused-ring (bicyclic) bond motifs is 18. The molecule has 16 aromatic carbocycles. The fraction of sp³-hybridized carbons (Fsp3) is 0.0588. The average Bonchev–Trinajstić information content (AvgIpc) is 1.57. The molecule has 4 heteroatoms. The average molecular weight is 1350 g/mol. The zero-order valence-corrected chi connectivity index (χ0v) is 59.4. The van der Waals surface area contributed by atoms with Gasteiger partial charge in [0.1, 0.15) is 0 Å². The van der Waals surface area contributed by atoms with Crippen LogP contribution in [-0.2, 0) is 10.8 Å². The van der Waals surface area contributed by atoms with Crippen molar-refractivity contribution in [3.8, 4) is 89.5 Å². The van der Waals surface area contributed by atoms with Crippen molar-refractivity contribution in [1.29, 1.82) is 0 Å². The summed E-state index contributed by atoms with van der Waals surface area (Å²) in [6.45, 7) is 9.43. The van der Waals surface area contributed by atoms with E-state index in [1.807, 2.05) is 0 Å². The van der Waals surface area contributed by atoms with Crippen LogP contribution in [0, 0.1) is 0 Å². The zero-order valence-electron chi connectivity index (χ0n) is 59.4. The highest BCUT2D eigenvalue weighted by Crippen LogP contribution is 2.52. The van der Waals surface area contributed by atoms with E-state index in [1.54, 1.807) is 0 Å². The van der Waals surface area contributed by atoms with E-state index >= 15 is 0 Å². The number of nitrogens with zero attached hydrogens (tertiary/aromatic N) is 4. The maximum atomic E-state index is 2.45. The third-order valence-corrected chi connectivity index (χ3v) is 23.5. The van der Waals surface area contributed by atoms with Gasteiger partial charge in [-0.05, 0) is 210 Å². The molecule has 500 valence electrons. The number of hydrogen-bond acceptors (Lipinski definition) is 0. The van der Waals surface area contributed by atoms with Gasteiger partial charge in [-0.15, -0.1) is 0 Å². The summed E-state index contributed by atoms with van der Waals surface area (Å²) >= 11 is 0. The van der Waals surface area contributed by atoms with Crippen molar-refractivity contribution in [2.45, 2.75) is 38.5 Å². The standard InChI is InChI=1S/2C51H36N2/c1-51(2)45-20-9-6-17-39(45)40-26-25-38(32-46(40)51)53-48-22-11-8-19-42(48)44-31-36(24-28-50(44)53)35-23-27-49-43(30-35)41-18-7-10-21-47(41)52(49)37-16-12-15-34(29-37)33-13-4-3-5-14-33;1-51(2)45-17-9-6-14-39(45)40-27-26-38(32-46(40)51)53-48-19-11-8-16-42(48)44-31-36(23-29-50(44)53)35-22-28-49-43(30-35)41-15-7-10-18-47(41)52(49)37-24-20-34(21-25-37)33-12-4-3-5-13-33/h2*3-32H,1-2H3. The van der Waals surface area contributed by atoms with E-state index in [9.17, 15) is 0 Å². The maximum absolute atomic E-state index is 2.45. The van der Waals surface area contributed by atoms with Crippen LogP contribution in [0.5, 0.6) is 0 Å². The van der Waals surface area contributed by atoms with Gasteiger partial charge in [-0.1, -0.05) is 270 Å². The minimum atomic E-state index is -0.0552. The van der Waals surface area contributed by atoms with Gasteiger partial charge in [-0.3, -0.25) is 0 Å². The van der Waals surface area contributed by atoms with Gasteiger partial charge >= 0.3 is 0 Å². The molecule has 0 N–H and O–H groups in total. The second-order valence-electron chi connectivity index (χ2n) is 30.0. The highest BCUT2D eigenvalue weighted by atomic mass is 15.0. The summed E-state index contributed by atoms with van der Waals surface area (Å²) in [7, 11) is 0. The molecule has 0 atom stereocenters. The molecule has 0 bridgehead atoms. The monoisotopic (exact) mass is 1350 g/mol. The smallest absolute Gasteiger partial charge is 0.0541 e. The number of benzene rings is 16. The quantitative estimate of drug-likeness (QED) is 0.144. The Morgan fingerprint density at radius 2 is 0.425 bits per heavy atom. The summed E-state index contributed by atoms with van der Waals surface area (Å²) in [6, 6.07) is 134. The second-order valence-corrected chi connectivity index (χ2v) is 30.0. The molecule has 4 nitrogen and oxygen atoms in total. The Morgan fingerprint density at radius 3 is 0.821 bits per heavy atom. The molecule has 0 saturated heterocycles. The summed E-state index contributed by atoms with van der Waals surface area (Å²) in [6.07, 6.45) is 0. The molecule has 0 unspecified atom stereocenters. The van der Waals surface area contributed by atoms with Gasteiger partial charge in [-0.2, -0.15) is 0 Å². The molecule has 0 radical (unpaired) electrons. The molecule has 0 aliphatic heterocycles. The van der Waals surface area contributed by atoms with Gasteiger partial charge < -0.3 is 18.3 Å². The lowest BCUT2D eigenvalue weighted by Crippen LogP contribution is -2.15. The summed E-state index contributed by atoms with van der Waals surface area (Å²) in [5.74, 6) is 0. The first-order valence-electron chi connectivity index (χ1n) is 37.0. The van der Waals surface area contributed by atoms with Crippen LogP contribution in [0.15, 0.2) is 364 Å². The van der Waals surface area contributed by atoms with Crippen molar-refractivity contribution in [3.63, 3.8) is 0 Å². The first kappa shape index (κ1) is 61.4. The van der Waals surface area contributed by atoms with Crippen LogP contribution in [0.1, 0.15) is 49.9 Å². The molecule has 2 aliphatic carbocycles. The highest BCUT2D eigenvalue weighted by Gasteiger charge is 2.37. The van der Waals surface area contributed by atoms with Crippen LogP contribution in [0.4, 0.5) is 0 Å². The normalized spacial score (nSPS) is 13.2. The SMILES string of the molecule is CC1(C)c2ccccc2-c2ccc(-n3c4ccccc4c4cc(-c5ccc6c(c5)c5ccccc5n6-c5ccc(-c6ccccc6)cc5)ccc43)cc21.CC1(C)c2ccccc2-c2ccc(-n3c4ccccc4c4cc(-c5ccc6c(c5)c5ccccc5n6-c5cccc(-c6ccccc6)c5)ccc43)cc21. The van der Waals surface area contributed by atoms with Gasteiger partial charge in [0.25, 0.3) is 0 Å². The molecule has 0 fully saturated rings. The Hall–Kier alpha value is -13.3. The van der Waals surface area contributed by atoms with Gasteiger partial charge in [0, 0.05) is 76.7 Å². The number of hydrogen-bond donors (Lipinski definition) is 0. The Balaban J connectivity index is 0.000000136. The van der Waals surface area contributed by atoms with Gasteiger partial charge in [0.2, 0.25) is 0 Å². The van der Waals surface area contributed by atoms with E-state index < -0.39 is 0 Å². The Labute approximate surface area is 615 Å². The van der Waals surface area contributed by atoms with Crippen molar-refractivity contribution in [2.75, 3.05) is 0 Å². The molecule has 4 heterocycles. The molecule has 2 aliphatic rings. The molecule has 4 aromatic heterocycles. The Morgan fingerprint density at radius 1 is 0.160 bits per heavy atom. The first-order valence-corrected chi connectivity index (χ1v) is 37.0. The maximum Gasteiger partial charge on any atom is 0.0541 e. The van der Waals surface area contributed by atoms with Crippen molar-refractivity contribution in [2.24, 2.45) is 0 Å². The molecule has 106 heavy (non-hydrogen) atoms. The molecule has 0 saturated carbocycles. The molecule has 20 aromatic rings. The van der Waals surface area contributed by atoms with Crippen LogP contribution in [0.3, 0.4) is 0 Å². The van der Waals surface area contributed by atoms with Gasteiger partial charge in [0.15, 0.2) is 0 Å². The lowest BCUT2D eigenvalue weighted by atomic mass is 9.82. The van der Waals surface area contributed by atoms with Gasteiger partial charge in [-0.25, -0.2) is 0 Å².